The van der Waals surface area contributed by atoms with E-state index in [1.807, 2.05) is 36.4 Å². The second-order valence-corrected chi connectivity index (χ2v) is 3.65. The molecule has 2 rings (SSSR count). The Morgan fingerprint density at radius 2 is 1.94 bits per heavy atom. The molecule has 0 saturated carbocycles. The van der Waals surface area contributed by atoms with Crippen molar-refractivity contribution in [1.82, 2.24) is 4.98 Å². The summed E-state index contributed by atoms with van der Waals surface area (Å²) in [4.78, 5) is 4.32. The Morgan fingerprint density at radius 1 is 1.19 bits per heavy atom. The summed E-state index contributed by atoms with van der Waals surface area (Å²) < 4.78 is 5.27. The van der Waals surface area contributed by atoms with E-state index in [1.165, 1.54) is 0 Å². The molecule has 0 aliphatic carbocycles. The van der Waals surface area contributed by atoms with Gasteiger partial charge in [-0.2, -0.15) is 0 Å². The van der Waals surface area contributed by atoms with Gasteiger partial charge in [-0.1, -0.05) is 24.3 Å². The summed E-state index contributed by atoms with van der Waals surface area (Å²) in [7, 11) is 1.65. The average molecular weight is 234 g/mol. The van der Waals surface area contributed by atoms with Gasteiger partial charge in [0.15, 0.2) is 0 Å². The molecule has 0 bridgehead atoms. The van der Waals surface area contributed by atoms with Gasteiger partial charge in [-0.3, -0.25) is 4.98 Å². The highest BCUT2D eigenvalue weighted by molar-refractivity contribution is 6.17. The van der Waals surface area contributed by atoms with Crippen LogP contribution in [0.3, 0.4) is 0 Å². The van der Waals surface area contributed by atoms with Crippen molar-refractivity contribution in [2.45, 2.75) is 5.88 Å². The highest BCUT2D eigenvalue weighted by atomic mass is 35.5. The van der Waals surface area contributed by atoms with Crippen LogP contribution in [0.1, 0.15) is 5.56 Å². The molecule has 0 saturated heterocycles. The first kappa shape index (κ1) is 11.0. The van der Waals surface area contributed by atoms with E-state index in [0.29, 0.717) is 5.88 Å². The largest absolute Gasteiger partial charge is 0.494 e. The van der Waals surface area contributed by atoms with Crippen molar-refractivity contribution in [2.24, 2.45) is 0 Å². The van der Waals surface area contributed by atoms with Gasteiger partial charge in [0.2, 0.25) is 0 Å². The lowest BCUT2D eigenvalue weighted by atomic mass is 10.1. The molecule has 2 nitrogen and oxygen atoms in total. The quantitative estimate of drug-likeness (QED) is 0.757. The normalized spacial score (nSPS) is 10.1. The fourth-order valence-corrected chi connectivity index (χ4v) is 1.70. The van der Waals surface area contributed by atoms with Crippen LogP contribution in [0.5, 0.6) is 5.75 Å². The number of rotatable bonds is 3. The minimum Gasteiger partial charge on any atom is -0.494 e. The molecule has 16 heavy (non-hydrogen) atoms. The van der Waals surface area contributed by atoms with Gasteiger partial charge >= 0.3 is 0 Å². The molecular formula is C13H12ClNO. The van der Waals surface area contributed by atoms with Gasteiger partial charge in [0.05, 0.1) is 7.11 Å². The number of hydrogen-bond donors (Lipinski definition) is 0. The van der Waals surface area contributed by atoms with Crippen LogP contribution in [0, 0.1) is 0 Å². The molecular weight excluding hydrogens is 222 g/mol. The molecule has 0 spiro atoms. The van der Waals surface area contributed by atoms with Crippen molar-refractivity contribution in [3.63, 3.8) is 0 Å². The first-order valence-corrected chi connectivity index (χ1v) is 5.53. The molecule has 1 aromatic carbocycles. The third-order valence-corrected chi connectivity index (χ3v) is 2.68. The fraction of sp³-hybridized carbons (Fsp3) is 0.154. The van der Waals surface area contributed by atoms with Crippen molar-refractivity contribution in [2.75, 3.05) is 7.11 Å². The molecule has 0 amide bonds. The van der Waals surface area contributed by atoms with Crippen LogP contribution in [0.4, 0.5) is 0 Å². The van der Waals surface area contributed by atoms with E-state index in [4.69, 9.17) is 16.3 Å². The summed E-state index contributed by atoms with van der Waals surface area (Å²) in [6.45, 7) is 0. The van der Waals surface area contributed by atoms with E-state index in [9.17, 15) is 0 Å². The van der Waals surface area contributed by atoms with Crippen LogP contribution in [-0.4, -0.2) is 12.1 Å². The lowest BCUT2D eigenvalue weighted by Gasteiger charge is -2.07. The van der Waals surface area contributed by atoms with Crippen molar-refractivity contribution >= 4 is 11.6 Å². The number of halogens is 1. The SMILES string of the molecule is COc1cccnc1-c1ccc(CCl)cc1. The van der Waals surface area contributed by atoms with E-state index < -0.39 is 0 Å². The number of hydrogen-bond acceptors (Lipinski definition) is 2. The molecule has 0 aliphatic rings. The van der Waals surface area contributed by atoms with Crippen LogP contribution < -0.4 is 4.74 Å². The Kier molecular flexibility index (Phi) is 3.42. The van der Waals surface area contributed by atoms with Gasteiger partial charge in [0, 0.05) is 17.6 Å². The molecule has 0 unspecified atom stereocenters. The van der Waals surface area contributed by atoms with E-state index in [0.717, 1.165) is 22.6 Å². The third-order valence-electron chi connectivity index (χ3n) is 2.37. The summed E-state index contributed by atoms with van der Waals surface area (Å²) in [5.41, 5.74) is 2.98. The van der Waals surface area contributed by atoms with Crippen LogP contribution in [0.25, 0.3) is 11.3 Å². The number of benzene rings is 1. The zero-order valence-corrected chi connectivity index (χ0v) is 9.74. The Balaban J connectivity index is 2.42. The van der Waals surface area contributed by atoms with Crippen LogP contribution in [0.15, 0.2) is 42.6 Å². The molecule has 0 fully saturated rings. The molecule has 0 radical (unpaired) electrons. The molecule has 0 aliphatic heterocycles. The van der Waals surface area contributed by atoms with Crippen LogP contribution in [0.2, 0.25) is 0 Å². The lowest BCUT2D eigenvalue weighted by Crippen LogP contribution is -1.90. The highest BCUT2D eigenvalue weighted by Crippen LogP contribution is 2.27. The maximum Gasteiger partial charge on any atom is 0.145 e. The number of aromatic nitrogens is 1. The van der Waals surface area contributed by atoms with Gasteiger partial charge < -0.3 is 4.74 Å². The smallest absolute Gasteiger partial charge is 0.145 e. The van der Waals surface area contributed by atoms with Crippen molar-refractivity contribution in [3.05, 3.63) is 48.2 Å². The molecule has 3 heteroatoms. The van der Waals surface area contributed by atoms with E-state index >= 15 is 0 Å². The standard InChI is InChI=1S/C13H12ClNO/c1-16-12-3-2-8-15-13(12)11-6-4-10(9-14)5-7-11/h2-8H,9H2,1H3. The van der Waals surface area contributed by atoms with Crippen LogP contribution >= 0.6 is 11.6 Å². The number of methoxy groups -OCH3 is 1. The van der Waals surface area contributed by atoms with Gasteiger partial charge in [0.1, 0.15) is 11.4 Å². The van der Waals surface area contributed by atoms with E-state index in [-0.39, 0.29) is 0 Å². The number of alkyl halides is 1. The monoisotopic (exact) mass is 233 g/mol. The predicted molar refractivity (Wildman–Crippen MR) is 65.8 cm³/mol. The predicted octanol–water partition coefficient (Wildman–Crippen LogP) is 3.50. The third kappa shape index (κ3) is 2.17. The van der Waals surface area contributed by atoms with Gasteiger partial charge in [-0.05, 0) is 17.7 Å². The molecule has 1 aromatic heterocycles. The summed E-state index contributed by atoms with van der Waals surface area (Å²) >= 11 is 5.74. The Bertz CT molecular complexity index is 468. The van der Waals surface area contributed by atoms with Crippen molar-refractivity contribution in [3.8, 4) is 17.0 Å². The first-order valence-electron chi connectivity index (χ1n) is 4.99. The molecule has 0 N–H and O–H groups in total. The maximum absolute atomic E-state index is 5.74. The summed E-state index contributed by atoms with van der Waals surface area (Å²) in [5.74, 6) is 1.31. The minimum absolute atomic E-state index is 0.527. The van der Waals surface area contributed by atoms with E-state index in [2.05, 4.69) is 4.98 Å². The number of pyridine rings is 1. The zero-order valence-electron chi connectivity index (χ0n) is 8.98. The van der Waals surface area contributed by atoms with Gasteiger partial charge in [0.25, 0.3) is 0 Å². The number of nitrogens with zero attached hydrogens (tertiary/aromatic N) is 1. The second-order valence-electron chi connectivity index (χ2n) is 3.38. The van der Waals surface area contributed by atoms with Crippen molar-refractivity contribution < 1.29 is 4.74 Å². The Hall–Kier alpha value is -1.54. The van der Waals surface area contributed by atoms with Crippen molar-refractivity contribution in [1.29, 1.82) is 0 Å². The zero-order chi connectivity index (χ0) is 11.4. The highest BCUT2D eigenvalue weighted by Gasteiger charge is 2.05. The van der Waals surface area contributed by atoms with Gasteiger partial charge in [-0.15, -0.1) is 11.6 Å². The summed E-state index contributed by atoms with van der Waals surface area (Å²) in [5, 5.41) is 0. The van der Waals surface area contributed by atoms with E-state index in [1.54, 1.807) is 13.3 Å². The summed E-state index contributed by atoms with van der Waals surface area (Å²) in [6, 6.07) is 11.8. The topological polar surface area (TPSA) is 22.1 Å². The number of ether oxygens (including phenoxy) is 1. The molecule has 0 atom stereocenters. The molecule has 82 valence electrons. The van der Waals surface area contributed by atoms with Crippen LogP contribution in [-0.2, 0) is 5.88 Å². The molecule has 1 heterocycles. The fourth-order valence-electron chi connectivity index (χ4n) is 1.52. The maximum atomic E-state index is 5.74. The summed E-state index contributed by atoms with van der Waals surface area (Å²) in [6.07, 6.45) is 1.76. The van der Waals surface area contributed by atoms with Gasteiger partial charge in [-0.25, -0.2) is 0 Å². The Morgan fingerprint density at radius 3 is 2.56 bits per heavy atom. The minimum atomic E-state index is 0.527. The first-order chi connectivity index (χ1) is 7.85. The average Bonchev–Trinajstić information content (AvgIpc) is 2.39. The molecule has 2 aromatic rings. The second kappa shape index (κ2) is 4.99. The lowest BCUT2D eigenvalue weighted by molar-refractivity contribution is 0.415. The Labute approximate surface area is 99.9 Å².